The Balaban J connectivity index is 1.64. The number of carbonyl (C=O) groups is 1. The van der Waals surface area contributed by atoms with Crippen LogP contribution in [0.5, 0.6) is 5.75 Å². The van der Waals surface area contributed by atoms with Crippen LogP contribution in [0.25, 0.3) is 23.0 Å². The van der Waals surface area contributed by atoms with E-state index in [0.717, 1.165) is 16.9 Å². The number of methoxy groups -OCH3 is 1. The molecule has 0 saturated carbocycles. The molecule has 1 aromatic heterocycles. The van der Waals surface area contributed by atoms with E-state index in [0.29, 0.717) is 22.0 Å². The zero-order valence-electron chi connectivity index (χ0n) is 16.7. The summed E-state index contributed by atoms with van der Waals surface area (Å²) >= 11 is 5.98. The Morgan fingerprint density at radius 2 is 1.77 bits per heavy atom. The second-order valence-electron chi connectivity index (χ2n) is 6.84. The minimum Gasteiger partial charge on any atom is -0.497 e. The van der Waals surface area contributed by atoms with Gasteiger partial charge in [0.05, 0.1) is 18.5 Å². The summed E-state index contributed by atoms with van der Waals surface area (Å²) in [6.45, 7) is 0. The monoisotopic (exact) mass is 430 g/mol. The van der Waals surface area contributed by atoms with Crippen molar-refractivity contribution in [2.24, 2.45) is 0 Å². The predicted octanol–water partition coefficient (Wildman–Crippen LogP) is 5.39. The summed E-state index contributed by atoms with van der Waals surface area (Å²) in [4.78, 5) is 27.9. The molecule has 3 aromatic carbocycles. The van der Waals surface area contributed by atoms with Crippen molar-refractivity contribution in [1.29, 1.82) is 0 Å². The number of allylic oxidation sites excluding steroid dienone is 1. The third kappa shape index (κ3) is 4.52. The van der Waals surface area contributed by atoms with Gasteiger partial charge in [-0.25, -0.2) is 4.79 Å². The maximum atomic E-state index is 12.7. The molecule has 6 heteroatoms. The van der Waals surface area contributed by atoms with Crippen molar-refractivity contribution in [3.8, 4) is 22.7 Å². The van der Waals surface area contributed by atoms with E-state index in [4.69, 9.17) is 16.3 Å². The lowest BCUT2D eigenvalue weighted by atomic mass is 10.1. The fourth-order valence-corrected chi connectivity index (χ4v) is 3.37. The molecule has 0 aliphatic rings. The largest absolute Gasteiger partial charge is 0.497 e. The summed E-state index contributed by atoms with van der Waals surface area (Å²) in [5.41, 5.74) is 3.19. The maximum Gasteiger partial charge on any atom is 0.330 e. The highest BCUT2D eigenvalue weighted by Crippen LogP contribution is 2.23. The third-order valence-electron chi connectivity index (χ3n) is 4.85. The van der Waals surface area contributed by atoms with Gasteiger partial charge in [-0.3, -0.25) is 9.36 Å². The summed E-state index contributed by atoms with van der Waals surface area (Å²) in [5.74, 6) is 0.596. The summed E-state index contributed by atoms with van der Waals surface area (Å²) in [6, 6.07) is 21.6. The molecule has 0 saturated heterocycles. The molecule has 0 aliphatic carbocycles. The smallest absolute Gasteiger partial charge is 0.330 e. The van der Waals surface area contributed by atoms with Gasteiger partial charge in [0.25, 0.3) is 0 Å². The van der Waals surface area contributed by atoms with E-state index >= 15 is 0 Å². The van der Waals surface area contributed by atoms with Crippen molar-refractivity contribution in [2.75, 3.05) is 7.11 Å². The topological polar surface area (TPSA) is 64.1 Å². The van der Waals surface area contributed by atoms with E-state index in [1.165, 1.54) is 10.6 Å². The number of carbonyl (C=O) groups excluding carboxylic acids is 1. The molecule has 5 nitrogen and oxygen atoms in total. The Labute approximate surface area is 184 Å². The molecule has 154 valence electrons. The van der Waals surface area contributed by atoms with E-state index in [1.54, 1.807) is 55.8 Å². The number of ether oxygens (including phenoxy) is 1. The van der Waals surface area contributed by atoms with Crippen molar-refractivity contribution < 1.29 is 9.53 Å². The number of aromatic amines is 1. The Kier molecular flexibility index (Phi) is 5.87. The molecule has 0 amide bonds. The number of nitrogens with zero attached hydrogens (tertiary/aromatic N) is 1. The normalized spacial score (nSPS) is 11.0. The standard InChI is InChI=1S/C25H19ClN2O3/c1-31-22-12-5-17(6-13-22)7-14-24(29)19-3-2-4-21(15-19)28-23(16-27-25(28)30)18-8-10-20(26)11-9-18/h2-16H,1H3,(H,27,30)/b14-7+. The third-order valence-corrected chi connectivity index (χ3v) is 5.10. The second kappa shape index (κ2) is 8.90. The molecule has 0 fully saturated rings. The number of hydrogen-bond acceptors (Lipinski definition) is 3. The fourth-order valence-electron chi connectivity index (χ4n) is 3.24. The van der Waals surface area contributed by atoms with Crippen LogP contribution in [0.15, 0.2) is 89.9 Å². The van der Waals surface area contributed by atoms with Gasteiger partial charge < -0.3 is 9.72 Å². The lowest BCUT2D eigenvalue weighted by Gasteiger charge is -2.09. The van der Waals surface area contributed by atoms with Crippen LogP contribution in [-0.4, -0.2) is 22.4 Å². The van der Waals surface area contributed by atoms with E-state index in [2.05, 4.69) is 4.98 Å². The van der Waals surface area contributed by atoms with E-state index in [1.807, 2.05) is 36.4 Å². The lowest BCUT2D eigenvalue weighted by molar-refractivity contribution is 0.104. The van der Waals surface area contributed by atoms with E-state index in [-0.39, 0.29) is 11.5 Å². The highest BCUT2D eigenvalue weighted by atomic mass is 35.5. The molecule has 1 heterocycles. The zero-order chi connectivity index (χ0) is 21.8. The number of benzene rings is 3. The van der Waals surface area contributed by atoms with Crippen LogP contribution < -0.4 is 10.4 Å². The first kappa shape index (κ1) is 20.4. The van der Waals surface area contributed by atoms with Gasteiger partial charge in [-0.2, -0.15) is 0 Å². The minimum atomic E-state index is -0.289. The van der Waals surface area contributed by atoms with Crippen molar-refractivity contribution in [2.45, 2.75) is 0 Å². The SMILES string of the molecule is COc1ccc(/C=C/C(=O)c2cccc(-n3c(-c4ccc(Cl)cc4)c[nH]c3=O)c2)cc1. The molecule has 0 aliphatic heterocycles. The average molecular weight is 431 g/mol. The van der Waals surface area contributed by atoms with Gasteiger partial charge in [0.15, 0.2) is 5.78 Å². The van der Waals surface area contributed by atoms with Crippen LogP contribution in [0.2, 0.25) is 5.02 Å². The predicted molar refractivity (Wildman–Crippen MR) is 123 cm³/mol. The first-order valence-corrected chi connectivity index (χ1v) is 9.96. The van der Waals surface area contributed by atoms with Crippen molar-refractivity contribution in [1.82, 2.24) is 9.55 Å². The number of H-pyrrole nitrogens is 1. The van der Waals surface area contributed by atoms with Gasteiger partial charge in [0.1, 0.15) is 5.75 Å². The van der Waals surface area contributed by atoms with Crippen LogP contribution >= 0.6 is 11.6 Å². The van der Waals surface area contributed by atoms with Crippen LogP contribution in [0.4, 0.5) is 0 Å². The highest BCUT2D eigenvalue weighted by molar-refractivity contribution is 6.30. The van der Waals surface area contributed by atoms with Gasteiger partial charge in [0.2, 0.25) is 0 Å². The number of ketones is 1. The second-order valence-corrected chi connectivity index (χ2v) is 7.28. The maximum absolute atomic E-state index is 12.7. The van der Waals surface area contributed by atoms with Gasteiger partial charge in [-0.1, -0.05) is 54.1 Å². The van der Waals surface area contributed by atoms with Crippen LogP contribution in [-0.2, 0) is 0 Å². The molecule has 1 N–H and O–H groups in total. The Bertz CT molecular complexity index is 1300. The number of hydrogen-bond donors (Lipinski definition) is 1. The first-order valence-electron chi connectivity index (χ1n) is 9.58. The molecule has 4 aromatic rings. The summed E-state index contributed by atoms with van der Waals surface area (Å²) < 4.78 is 6.68. The molecule has 4 rings (SSSR count). The minimum absolute atomic E-state index is 0.158. The average Bonchev–Trinajstić information content (AvgIpc) is 3.19. The van der Waals surface area contributed by atoms with Gasteiger partial charge in [-0.05, 0) is 48.0 Å². The quantitative estimate of drug-likeness (QED) is 0.329. The van der Waals surface area contributed by atoms with Crippen molar-refractivity contribution >= 4 is 23.5 Å². The van der Waals surface area contributed by atoms with Gasteiger partial charge >= 0.3 is 5.69 Å². The summed E-state index contributed by atoms with van der Waals surface area (Å²) in [7, 11) is 1.61. The van der Waals surface area contributed by atoms with Gasteiger partial charge in [0, 0.05) is 22.3 Å². The Morgan fingerprint density at radius 3 is 2.48 bits per heavy atom. The lowest BCUT2D eigenvalue weighted by Crippen LogP contribution is -2.16. The number of nitrogens with one attached hydrogen (secondary N) is 1. The van der Waals surface area contributed by atoms with Crippen LogP contribution in [0.1, 0.15) is 15.9 Å². The van der Waals surface area contributed by atoms with E-state index in [9.17, 15) is 9.59 Å². The number of rotatable bonds is 6. The summed E-state index contributed by atoms with van der Waals surface area (Å²) in [6.07, 6.45) is 4.90. The Morgan fingerprint density at radius 1 is 1.03 bits per heavy atom. The Hall–Kier alpha value is -3.83. The van der Waals surface area contributed by atoms with Crippen molar-refractivity contribution in [3.63, 3.8) is 0 Å². The molecular formula is C25H19ClN2O3. The molecule has 0 bridgehead atoms. The van der Waals surface area contributed by atoms with Crippen LogP contribution in [0, 0.1) is 0 Å². The zero-order valence-corrected chi connectivity index (χ0v) is 17.5. The number of imidazole rings is 1. The highest BCUT2D eigenvalue weighted by Gasteiger charge is 2.12. The molecule has 0 radical (unpaired) electrons. The van der Waals surface area contributed by atoms with E-state index < -0.39 is 0 Å². The first-order chi connectivity index (χ1) is 15.0. The molecular weight excluding hydrogens is 412 g/mol. The molecule has 0 spiro atoms. The fraction of sp³-hybridized carbons (Fsp3) is 0.0400. The number of aromatic nitrogens is 2. The van der Waals surface area contributed by atoms with Crippen molar-refractivity contribution in [3.05, 3.63) is 112 Å². The molecule has 31 heavy (non-hydrogen) atoms. The molecule has 0 atom stereocenters. The molecule has 0 unspecified atom stereocenters. The number of halogens is 1. The van der Waals surface area contributed by atoms with Gasteiger partial charge in [-0.15, -0.1) is 0 Å². The van der Waals surface area contributed by atoms with Crippen LogP contribution in [0.3, 0.4) is 0 Å². The summed E-state index contributed by atoms with van der Waals surface area (Å²) in [5, 5.41) is 0.615.